The van der Waals surface area contributed by atoms with Gasteiger partial charge in [-0.25, -0.2) is 4.68 Å². The molecule has 0 spiro atoms. The van der Waals surface area contributed by atoms with Crippen LogP contribution in [0.3, 0.4) is 0 Å². The molecule has 0 bridgehead atoms. The van der Waals surface area contributed by atoms with Gasteiger partial charge >= 0.3 is 0 Å². The monoisotopic (exact) mass is 354 g/mol. The van der Waals surface area contributed by atoms with Crippen LogP contribution in [0.15, 0.2) is 30.5 Å². The van der Waals surface area contributed by atoms with Crippen molar-refractivity contribution in [3.05, 3.63) is 46.7 Å². The molecule has 1 aromatic carbocycles. The maximum Gasteiger partial charge on any atom is 0.255 e. The van der Waals surface area contributed by atoms with E-state index in [2.05, 4.69) is 10.4 Å². The molecular weight excluding hydrogens is 335 g/mol. The van der Waals surface area contributed by atoms with Gasteiger partial charge in [0.05, 0.1) is 16.9 Å². The molecule has 1 amide bonds. The third-order valence-corrected chi connectivity index (χ3v) is 4.25. The number of hydrogen-bond acceptors (Lipinski definition) is 3. The van der Waals surface area contributed by atoms with Crippen LogP contribution in [0.1, 0.15) is 28.9 Å². The molecule has 3 N–H and O–H groups in total. The van der Waals surface area contributed by atoms with Crippen LogP contribution in [0.5, 0.6) is 0 Å². The fourth-order valence-corrected chi connectivity index (χ4v) is 2.65. The minimum Gasteiger partial charge on any atom is -0.348 e. The number of aryl methyl sites for hydroxylation is 1. The topological polar surface area (TPSA) is 72.9 Å². The van der Waals surface area contributed by atoms with Crippen molar-refractivity contribution in [3.8, 4) is 5.69 Å². The number of benzene rings is 1. The van der Waals surface area contributed by atoms with Crippen molar-refractivity contribution in [2.45, 2.75) is 25.8 Å². The summed E-state index contributed by atoms with van der Waals surface area (Å²) in [6, 6.07) is 7.38. The van der Waals surface area contributed by atoms with Crippen molar-refractivity contribution in [1.29, 1.82) is 0 Å². The zero-order valence-electron chi connectivity index (χ0n) is 12.8. The van der Waals surface area contributed by atoms with Gasteiger partial charge in [-0.1, -0.05) is 11.6 Å². The van der Waals surface area contributed by atoms with Gasteiger partial charge in [0, 0.05) is 23.8 Å². The highest BCUT2D eigenvalue weighted by molar-refractivity contribution is 6.30. The van der Waals surface area contributed by atoms with Crippen LogP contribution in [0.4, 0.5) is 0 Å². The molecule has 1 fully saturated rings. The van der Waals surface area contributed by atoms with E-state index in [0.717, 1.165) is 18.5 Å². The van der Waals surface area contributed by atoms with E-state index in [1.54, 1.807) is 23.0 Å². The maximum atomic E-state index is 12.4. The van der Waals surface area contributed by atoms with Gasteiger partial charge in [0.2, 0.25) is 0 Å². The fraction of sp³-hybridized carbons (Fsp3) is 0.375. The Balaban J connectivity index is 0.00000192. The fourth-order valence-electron chi connectivity index (χ4n) is 2.52. The average molecular weight is 355 g/mol. The van der Waals surface area contributed by atoms with Crippen molar-refractivity contribution < 1.29 is 4.79 Å². The molecule has 1 heterocycles. The lowest BCUT2D eigenvalue weighted by molar-refractivity contribution is 0.0933. The number of nitrogens with one attached hydrogen (secondary N) is 1. The van der Waals surface area contributed by atoms with E-state index < -0.39 is 0 Å². The standard InChI is InChI=1S/C16H19ClN4O.ClH/c1-10-14(16(22)19-15(8-18)11-2-3-11)9-21(20-10)13-6-4-12(17)5-7-13;/h4-7,9,11,15H,2-3,8,18H2,1H3,(H,19,22);1H. The number of hydrogen-bond donors (Lipinski definition) is 2. The molecule has 124 valence electrons. The summed E-state index contributed by atoms with van der Waals surface area (Å²) in [6.45, 7) is 2.30. The highest BCUT2D eigenvalue weighted by Gasteiger charge is 2.31. The molecule has 5 nitrogen and oxygen atoms in total. The Kier molecular flexibility index (Phi) is 5.68. The summed E-state index contributed by atoms with van der Waals surface area (Å²) in [5, 5.41) is 8.10. The predicted octanol–water partition coefficient (Wildman–Crippen LogP) is 2.72. The Morgan fingerprint density at radius 3 is 2.65 bits per heavy atom. The molecule has 1 atom stereocenters. The van der Waals surface area contributed by atoms with E-state index in [9.17, 15) is 4.79 Å². The molecule has 1 unspecified atom stereocenters. The summed E-state index contributed by atoms with van der Waals surface area (Å²) in [7, 11) is 0. The van der Waals surface area contributed by atoms with Crippen molar-refractivity contribution >= 4 is 29.9 Å². The quantitative estimate of drug-likeness (QED) is 0.866. The Morgan fingerprint density at radius 1 is 1.43 bits per heavy atom. The van der Waals surface area contributed by atoms with Gasteiger partial charge in [-0.2, -0.15) is 5.10 Å². The number of nitrogens with two attached hydrogens (primary N) is 1. The smallest absolute Gasteiger partial charge is 0.255 e. The van der Waals surface area contributed by atoms with Crippen LogP contribution >= 0.6 is 24.0 Å². The third-order valence-electron chi connectivity index (χ3n) is 4.00. The van der Waals surface area contributed by atoms with E-state index in [1.807, 2.05) is 19.1 Å². The number of rotatable bonds is 5. The molecule has 7 heteroatoms. The lowest BCUT2D eigenvalue weighted by Crippen LogP contribution is -2.41. The van der Waals surface area contributed by atoms with Gasteiger partial charge < -0.3 is 11.1 Å². The van der Waals surface area contributed by atoms with Gasteiger partial charge in [0.1, 0.15) is 0 Å². The zero-order valence-corrected chi connectivity index (χ0v) is 14.4. The molecular formula is C16H20Cl2N4O. The predicted molar refractivity (Wildman–Crippen MR) is 93.6 cm³/mol. The van der Waals surface area contributed by atoms with E-state index >= 15 is 0 Å². The van der Waals surface area contributed by atoms with Crippen molar-refractivity contribution in [1.82, 2.24) is 15.1 Å². The van der Waals surface area contributed by atoms with Crippen LogP contribution in [-0.2, 0) is 0 Å². The van der Waals surface area contributed by atoms with Crippen LogP contribution in [-0.4, -0.2) is 28.3 Å². The molecule has 1 saturated carbocycles. The van der Waals surface area contributed by atoms with Gasteiger partial charge in [0.15, 0.2) is 0 Å². The summed E-state index contributed by atoms with van der Waals surface area (Å²) in [6.07, 6.45) is 4.03. The van der Waals surface area contributed by atoms with E-state index in [4.69, 9.17) is 17.3 Å². The molecule has 1 aliphatic carbocycles. The van der Waals surface area contributed by atoms with Crippen LogP contribution in [0, 0.1) is 12.8 Å². The van der Waals surface area contributed by atoms with Crippen LogP contribution in [0.25, 0.3) is 5.69 Å². The summed E-state index contributed by atoms with van der Waals surface area (Å²) in [4.78, 5) is 12.4. The molecule has 3 rings (SSSR count). The molecule has 1 aliphatic rings. The number of carbonyl (C=O) groups is 1. The first-order chi connectivity index (χ1) is 10.6. The second kappa shape index (κ2) is 7.34. The van der Waals surface area contributed by atoms with Crippen LogP contribution in [0.2, 0.25) is 5.02 Å². The van der Waals surface area contributed by atoms with Crippen LogP contribution < -0.4 is 11.1 Å². The molecule has 0 radical (unpaired) electrons. The molecule has 23 heavy (non-hydrogen) atoms. The van der Waals surface area contributed by atoms with Crippen molar-refractivity contribution in [2.24, 2.45) is 11.7 Å². The summed E-state index contributed by atoms with van der Waals surface area (Å²) >= 11 is 5.89. The minimum absolute atomic E-state index is 0. The first-order valence-corrected chi connectivity index (χ1v) is 7.79. The SMILES string of the molecule is Cc1nn(-c2ccc(Cl)cc2)cc1C(=O)NC(CN)C1CC1.Cl. The number of amides is 1. The van der Waals surface area contributed by atoms with E-state index in [0.29, 0.717) is 28.7 Å². The molecule has 2 aromatic rings. The number of carbonyl (C=O) groups excluding carboxylic acids is 1. The lowest BCUT2D eigenvalue weighted by Gasteiger charge is -2.15. The van der Waals surface area contributed by atoms with Gasteiger partial charge in [-0.3, -0.25) is 4.79 Å². The number of aromatic nitrogens is 2. The molecule has 0 saturated heterocycles. The Morgan fingerprint density at radius 2 is 2.09 bits per heavy atom. The number of halogens is 2. The van der Waals surface area contributed by atoms with Gasteiger partial charge in [-0.05, 0) is 49.9 Å². The summed E-state index contributed by atoms with van der Waals surface area (Å²) < 4.78 is 1.69. The molecule has 0 aliphatic heterocycles. The zero-order chi connectivity index (χ0) is 15.7. The van der Waals surface area contributed by atoms with Crippen molar-refractivity contribution in [2.75, 3.05) is 6.54 Å². The molecule has 1 aromatic heterocycles. The van der Waals surface area contributed by atoms with E-state index in [1.165, 1.54) is 0 Å². The third kappa shape index (κ3) is 4.05. The second-order valence-corrected chi connectivity index (χ2v) is 6.14. The largest absolute Gasteiger partial charge is 0.348 e. The highest BCUT2D eigenvalue weighted by Crippen LogP contribution is 2.32. The normalized spacial score (nSPS) is 14.9. The Labute approximate surface area is 146 Å². The van der Waals surface area contributed by atoms with Crippen molar-refractivity contribution in [3.63, 3.8) is 0 Å². The lowest BCUT2D eigenvalue weighted by atomic mass is 10.1. The Hall–Kier alpha value is -1.56. The first-order valence-electron chi connectivity index (χ1n) is 7.41. The Bertz CT molecular complexity index is 680. The average Bonchev–Trinajstić information content (AvgIpc) is 3.27. The maximum absolute atomic E-state index is 12.4. The van der Waals surface area contributed by atoms with Gasteiger partial charge in [-0.15, -0.1) is 12.4 Å². The highest BCUT2D eigenvalue weighted by atomic mass is 35.5. The minimum atomic E-state index is -0.111. The number of nitrogens with zero attached hydrogens (tertiary/aromatic N) is 2. The van der Waals surface area contributed by atoms with E-state index in [-0.39, 0.29) is 24.4 Å². The van der Waals surface area contributed by atoms with Gasteiger partial charge in [0.25, 0.3) is 5.91 Å². The second-order valence-electron chi connectivity index (χ2n) is 5.70. The summed E-state index contributed by atoms with van der Waals surface area (Å²) in [5.74, 6) is 0.417. The first kappa shape index (κ1) is 17.8. The summed E-state index contributed by atoms with van der Waals surface area (Å²) in [5.41, 5.74) is 7.88.